The van der Waals surface area contributed by atoms with Gasteiger partial charge in [0, 0.05) is 0 Å². The second-order valence-corrected chi connectivity index (χ2v) is 3.95. The number of rotatable bonds is 2. The fourth-order valence-corrected chi connectivity index (χ4v) is 1.75. The summed E-state index contributed by atoms with van der Waals surface area (Å²) in [5, 5.41) is 19.0. The number of methoxy groups -OCH3 is 1. The molecule has 5 heteroatoms. The lowest BCUT2D eigenvalue weighted by atomic mass is 10.1. The highest BCUT2D eigenvalue weighted by atomic mass is 79.9. The summed E-state index contributed by atoms with van der Waals surface area (Å²) in [5.74, 6) is -0.636. The van der Waals surface area contributed by atoms with E-state index in [0.29, 0.717) is 15.6 Å². The first-order chi connectivity index (χ1) is 6.97. The highest BCUT2D eigenvalue weighted by Gasteiger charge is 2.19. The second kappa shape index (κ2) is 4.63. The Morgan fingerprint density at radius 3 is 2.60 bits per heavy atom. The first-order valence-electron chi connectivity index (χ1n) is 4.22. The van der Waals surface area contributed by atoms with Crippen molar-refractivity contribution in [2.75, 3.05) is 7.11 Å². The maximum Gasteiger partial charge on any atom is 0.339 e. The Morgan fingerprint density at radius 1 is 1.53 bits per heavy atom. The number of aliphatic hydroxyl groups is 1. The van der Waals surface area contributed by atoms with Crippen LogP contribution in [0.25, 0.3) is 0 Å². The summed E-state index contributed by atoms with van der Waals surface area (Å²) in [6, 6.07) is 3.01. The average molecular weight is 275 g/mol. The number of aliphatic hydroxyl groups excluding tert-OH is 1. The van der Waals surface area contributed by atoms with Gasteiger partial charge in [-0.3, -0.25) is 0 Å². The van der Waals surface area contributed by atoms with Crippen LogP contribution in [0.1, 0.15) is 17.2 Å². The Balaban J connectivity index is 3.11. The van der Waals surface area contributed by atoms with Crippen molar-refractivity contribution < 1.29 is 19.7 Å². The van der Waals surface area contributed by atoms with E-state index in [4.69, 9.17) is 0 Å². The third kappa shape index (κ3) is 2.49. The van der Waals surface area contributed by atoms with Crippen LogP contribution in [0.2, 0.25) is 0 Å². The van der Waals surface area contributed by atoms with Gasteiger partial charge in [0.15, 0.2) is 6.10 Å². The number of aryl methyl sites for hydroxylation is 1. The number of aromatic hydroxyl groups is 1. The molecule has 0 aliphatic carbocycles. The fraction of sp³-hybridized carbons (Fsp3) is 0.300. The number of benzene rings is 1. The van der Waals surface area contributed by atoms with Crippen molar-refractivity contribution in [1.82, 2.24) is 0 Å². The van der Waals surface area contributed by atoms with E-state index in [-0.39, 0.29) is 5.75 Å². The van der Waals surface area contributed by atoms with Crippen molar-refractivity contribution in [3.8, 4) is 5.75 Å². The summed E-state index contributed by atoms with van der Waals surface area (Å²) in [4.78, 5) is 11.1. The first kappa shape index (κ1) is 12.0. The molecule has 0 heterocycles. The first-order valence-corrected chi connectivity index (χ1v) is 5.01. The maximum atomic E-state index is 11.1. The van der Waals surface area contributed by atoms with E-state index >= 15 is 0 Å². The Morgan fingerprint density at radius 2 is 2.13 bits per heavy atom. The number of phenols is 1. The van der Waals surface area contributed by atoms with Gasteiger partial charge in [-0.05, 0) is 46.1 Å². The van der Waals surface area contributed by atoms with E-state index in [1.165, 1.54) is 19.2 Å². The summed E-state index contributed by atoms with van der Waals surface area (Å²) >= 11 is 3.12. The largest absolute Gasteiger partial charge is 0.506 e. The highest BCUT2D eigenvalue weighted by molar-refractivity contribution is 9.10. The maximum absolute atomic E-state index is 11.1. The van der Waals surface area contributed by atoms with Gasteiger partial charge in [0.05, 0.1) is 11.6 Å². The van der Waals surface area contributed by atoms with E-state index in [1.54, 1.807) is 6.92 Å². The van der Waals surface area contributed by atoms with Gasteiger partial charge < -0.3 is 14.9 Å². The number of hydrogen-bond donors (Lipinski definition) is 2. The quantitative estimate of drug-likeness (QED) is 0.806. The third-order valence-electron chi connectivity index (χ3n) is 2.02. The molecule has 2 N–H and O–H groups in total. The molecule has 0 bridgehead atoms. The molecule has 0 aliphatic rings. The highest BCUT2D eigenvalue weighted by Crippen LogP contribution is 2.31. The summed E-state index contributed by atoms with van der Waals surface area (Å²) in [5.41, 5.74) is 0.950. The van der Waals surface area contributed by atoms with Gasteiger partial charge in [0.25, 0.3) is 0 Å². The molecule has 1 rings (SSSR count). The molecule has 0 saturated carbocycles. The predicted octanol–water partition coefficient (Wildman–Crippen LogP) is 1.67. The minimum Gasteiger partial charge on any atom is -0.506 e. The summed E-state index contributed by atoms with van der Waals surface area (Å²) in [7, 11) is 1.20. The van der Waals surface area contributed by atoms with Gasteiger partial charge in [-0.1, -0.05) is 0 Å². The van der Waals surface area contributed by atoms with Crippen molar-refractivity contribution in [2.24, 2.45) is 0 Å². The van der Waals surface area contributed by atoms with Gasteiger partial charge in [-0.2, -0.15) is 0 Å². The lowest BCUT2D eigenvalue weighted by Crippen LogP contribution is -2.13. The number of phenolic OH excluding ortho intramolecular Hbond substituents is 1. The minimum absolute atomic E-state index is 0.0933. The molecule has 0 amide bonds. The standard InChI is InChI=1S/C10H11BrO4/c1-5-3-6(4-7(11)8(5)12)9(13)10(14)15-2/h3-4,9,12-13H,1-2H3. The Hall–Kier alpha value is -1.07. The molecule has 4 nitrogen and oxygen atoms in total. The lowest BCUT2D eigenvalue weighted by molar-refractivity contribution is -0.150. The predicted molar refractivity (Wildman–Crippen MR) is 57.5 cm³/mol. The van der Waals surface area contributed by atoms with Gasteiger partial charge in [-0.25, -0.2) is 4.79 Å². The molecule has 1 aromatic carbocycles. The van der Waals surface area contributed by atoms with Crippen LogP contribution in [-0.4, -0.2) is 23.3 Å². The van der Waals surface area contributed by atoms with E-state index in [9.17, 15) is 15.0 Å². The van der Waals surface area contributed by atoms with E-state index in [1.807, 2.05) is 0 Å². The molecule has 15 heavy (non-hydrogen) atoms. The SMILES string of the molecule is COC(=O)C(O)c1cc(C)c(O)c(Br)c1. The van der Waals surface area contributed by atoms with Crippen molar-refractivity contribution in [3.05, 3.63) is 27.7 Å². The smallest absolute Gasteiger partial charge is 0.339 e. The van der Waals surface area contributed by atoms with Crippen LogP contribution < -0.4 is 0 Å². The number of esters is 1. The van der Waals surface area contributed by atoms with Crippen molar-refractivity contribution >= 4 is 21.9 Å². The van der Waals surface area contributed by atoms with Crippen molar-refractivity contribution in [2.45, 2.75) is 13.0 Å². The number of carbonyl (C=O) groups excluding carboxylic acids is 1. The Kier molecular flexibility index (Phi) is 3.71. The number of ether oxygens (including phenoxy) is 1. The van der Waals surface area contributed by atoms with Crippen molar-refractivity contribution in [1.29, 1.82) is 0 Å². The molecule has 0 aliphatic heterocycles. The molecule has 82 valence electrons. The second-order valence-electron chi connectivity index (χ2n) is 3.09. The van der Waals surface area contributed by atoms with Gasteiger partial charge in [0.2, 0.25) is 0 Å². The van der Waals surface area contributed by atoms with E-state index < -0.39 is 12.1 Å². The van der Waals surface area contributed by atoms with Crippen LogP contribution in [-0.2, 0) is 9.53 Å². The molecule has 0 fully saturated rings. The fourth-order valence-electron chi connectivity index (χ4n) is 1.17. The third-order valence-corrected chi connectivity index (χ3v) is 2.62. The zero-order valence-corrected chi connectivity index (χ0v) is 9.91. The van der Waals surface area contributed by atoms with Gasteiger partial charge in [0.1, 0.15) is 5.75 Å². The van der Waals surface area contributed by atoms with E-state index in [2.05, 4.69) is 20.7 Å². The number of hydrogen-bond acceptors (Lipinski definition) is 4. The van der Waals surface area contributed by atoms with Crippen LogP contribution in [0.4, 0.5) is 0 Å². The van der Waals surface area contributed by atoms with Gasteiger partial charge in [-0.15, -0.1) is 0 Å². The molecule has 0 spiro atoms. The zero-order valence-electron chi connectivity index (χ0n) is 8.32. The summed E-state index contributed by atoms with van der Waals surface area (Å²) in [6.07, 6.45) is -1.33. The normalized spacial score (nSPS) is 12.3. The van der Waals surface area contributed by atoms with Crippen LogP contribution in [0.15, 0.2) is 16.6 Å². The number of carbonyl (C=O) groups is 1. The summed E-state index contributed by atoms with van der Waals surface area (Å²) < 4.78 is 4.84. The molecule has 1 aromatic rings. The Labute approximate surface area is 95.6 Å². The molecule has 1 unspecified atom stereocenters. The van der Waals surface area contributed by atoms with Crippen LogP contribution >= 0.6 is 15.9 Å². The average Bonchev–Trinajstić information content (AvgIpc) is 2.23. The summed E-state index contributed by atoms with van der Waals surface area (Å²) in [6.45, 7) is 1.67. The van der Waals surface area contributed by atoms with E-state index in [0.717, 1.165) is 0 Å². The molecule has 0 saturated heterocycles. The van der Waals surface area contributed by atoms with Crippen LogP contribution in [0.5, 0.6) is 5.75 Å². The topological polar surface area (TPSA) is 66.8 Å². The Bertz CT molecular complexity index is 366. The monoisotopic (exact) mass is 274 g/mol. The zero-order chi connectivity index (χ0) is 11.6. The number of halogens is 1. The molecule has 1 atom stereocenters. The van der Waals surface area contributed by atoms with Crippen LogP contribution in [0, 0.1) is 6.92 Å². The molecule has 0 aromatic heterocycles. The molecular weight excluding hydrogens is 264 g/mol. The molecule has 0 radical (unpaired) electrons. The van der Waals surface area contributed by atoms with Gasteiger partial charge >= 0.3 is 5.97 Å². The minimum atomic E-state index is -1.33. The molecular formula is C10H11BrO4. The van der Waals surface area contributed by atoms with Crippen molar-refractivity contribution in [3.63, 3.8) is 0 Å². The lowest BCUT2D eigenvalue weighted by Gasteiger charge is -2.11. The van der Waals surface area contributed by atoms with Crippen LogP contribution in [0.3, 0.4) is 0 Å².